The van der Waals surface area contributed by atoms with E-state index in [4.69, 9.17) is 21.9 Å². The molecule has 4 nitrogen and oxygen atoms in total. The molecule has 1 heterocycles. The molecular formula is C14H18ClN3O. The van der Waals surface area contributed by atoms with E-state index in [0.717, 1.165) is 17.0 Å². The van der Waals surface area contributed by atoms with Gasteiger partial charge in [0, 0.05) is 11.4 Å². The summed E-state index contributed by atoms with van der Waals surface area (Å²) in [6.45, 7) is 4.17. The number of aromatic nitrogens is 2. The molecule has 1 aromatic heterocycles. The van der Waals surface area contributed by atoms with E-state index in [1.165, 1.54) is 0 Å². The number of hydrogen-bond acceptors (Lipinski definition) is 4. The summed E-state index contributed by atoms with van der Waals surface area (Å²) in [7, 11) is 0. The van der Waals surface area contributed by atoms with E-state index in [1.807, 2.05) is 24.3 Å². The molecular weight excluding hydrogens is 262 g/mol. The van der Waals surface area contributed by atoms with Crippen LogP contribution in [0.1, 0.15) is 43.6 Å². The van der Waals surface area contributed by atoms with Crippen molar-refractivity contribution in [2.45, 2.75) is 32.7 Å². The van der Waals surface area contributed by atoms with Crippen molar-refractivity contribution < 1.29 is 4.52 Å². The summed E-state index contributed by atoms with van der Waals surface area (Å²) in [6, 6.07) is 7.40. The lowest BCUT2D eigenvalue weighted by atomic mass is 10.0. The second kappa shape index (κ2) is 6.17. The maximum absolute atomic E-state index is 6.06. The Morgan fingerprint density at radius 1 is 1.32 bits per heavy atom. The second-order valence-corrected chi connectivity index (χ2v) is 5.20. The monoisotopic (exact) mass is 279 g/mol. The first-order chi connectivity index (χ1) is 9.10. The molecule has 1 aromatic carbocycles. The van der Waals surface area contributed by atoms with E-state index < -0.39 is 0 Å². The largest absolute Gasteiger partial charge is 0.338 e. The van der Waals surface area contributed by atoms with Crippen LogP contribution >= 0.6 is 11.6 Å². The molecule has 0 spiro atoms. The Morgan fingerprint density at radius 3 is 2.63 bits per heavy atom. The van der Waals surface area contributed by atoms with Gasteiger partial charge in [0.1, 0.15) is 0 Å². The Kier molecular flexibility index (Phi) is 4.56. The number of nitrogens with two attached hydrogens (primary N) is 1. The third-order valence-corrected chi connectivity index (χ3v) is 3.55. The fourth-order valence-corrected chi connectivity index (χ4v) is 1.88. The highest BCUT2D eigenvalue weighted by atomic mass is 35.5. The summed E-state index contributed by atoms with van der Waals surface area (Å²) in [5, 5.41) is 4.69. The lowest BCUT2D eigenvalue weighted by molar-refractivity contribution is 0.310. The highest BCUT2D eigenvalue weighted by molar-refractivity contribution is 6.30. The van der Waals surface area contributed by atoms with Crippen LogP contribution in [0.15, 0.2) is 28.8 Å². The fraction of sp³-hybridized carbons (Fsp3) is 0.429. The maximum atomic E-state index is 6.06. The van der Waals surface area contributed by atoms with Crippen LogP contribution in [0.25, 0.3) is 0 Å². The standard InChI is InChI=1S/C14H18ClN3O/c1-3-9(2)13(16)14-17-12(18-19-14)8-10-4-6-11(15)7-5-10/h4-7,9,13H,3,8,16H2,1-2H3/t9-,13-/m0/s1. The maximum Gasteiger partial charge on any atom is 0.243 e. The molecule has 19 heavy (non-hydrogen) atoms. The van der Waals surface area contributed by atoms with Gasteiger partial charge < -0.3 is 10.3 Å². The Morgan fingerprint density at radius 2 is 2.00 bits per heavy atom. The van der Waals surface area contributed by atoms with E-state index in [0.29, 0.717) is 24.1 Å². The molecule has 0 aliphatic heterocycles. The second-order valence-electron chi connectivity index (χ2n) is 4.76. The quantitative estimate of drug-likeness (QED) is 0.911. The molecule has 2 atom stereocenters. The van der Waals surface area contributed by atoms with E-state index in [1.54, 1.807) is 0 Å². The smallest absolute Gasteiger partial charge is 0.243 e. The third-order valence-electron chi connectivity index (χ3n) is 3.30. The van der Waals surface area contributed by atoms with Crippen LogP contribution in [-0.4, -0.2) is 10.1 Å². The molecule has 0 fully saturated rings. The van der Waals surface area contributed by atoms with Gasteiger partial charge in [0.25, 0.3) is 0 Å². The van der Waals surface area contributed by atoms with Gasteiger partial charge in [-0.05, 0) is 23.6 Å². The van der Waals surface area contributed by atoms with Crippen molar-refractivity contribution in [2.75, 3.05) is 0 Å². The SMILES string of the molecule is CC[C@H](C)[C@H](N)c1nc(Cc2ccc(Cl)cc2)no1. The van der Waals surface area contributed by atoms with Crippen molar-refractivity contribution in [3.8, 4) is 0 Å². The van der Waals surface area contributed by atoms with Gasteiger partial charge in [-0.2, -0.15) is 4.98 Å². The highest BCUT2D eigenvalue weighted by Gasteiger charge is 2.19. The molecule has 2 aromatic rings. The average molecular weight is 280 g/mol. The number of rotatable bonds is 5. The van der Waals surface area contributed by atoms with Crippen molar-refractivity contribution in [1.82, 2.24) is 10.1 Å². The van der Waals surface area contributed by atoms with Gasteiger partial charge in [-0.3, -0.25) is 0 Å². The van der Waals surface area contributed by atoms with Gasteiger partial charge in [0.15, 0.2) is 5.82 Å². The highest BCUT2D eigenvalue weighted by Crippen LogP contribution is 2.20. The Hall–Kier alpha value is -1.39. The fourth-order valence-electron chi connectivity index (χ4n) is 1.76. The predicted octanol–water partition coefficient (Wildman–Crippen LogP) is 3.36. The van der Waals surface area contributed by atoms with Crippen molar-refractivity contribution >= 4 is 11.6 Å². The summed E-state index contributed by atoms with van der Waals surface area (Å²) < 4.78 is 5.23. The van der Waals surface area contributed by atoms with E-state index in [2.05, 4.69) is 24.0 Å². The molecule has 0 saturated carbocycles. The van der Waals surface area contributed by atoms with E-state index in [-0.39, 0.29) is 6.04 Å². The van der Waals surface area contributed by atoms with Crippen molar-refractivity contribution in [3.63, 3.8) is 0 Å². The summed E-state index contributed by atoms with van der Waals surface area (Å²) in [5.41, 5.74) is 7.15. The lowest BCUT2D eigenvalue weighted by Gasteiger charge is -2.12. The van der Waals surface area contributed by atoms with Crippen molar-refractivity contribution in [2.24, 2.45) is 11.7 Å². The molecule has 0 amide bonds. The number of hydrogen-bond donors (Lipinski definition) is 1. The molecule has 0 bridgehead atoms. The van der Waals surface area contributed by atoms with Crippen LogP contribution in [0.3, 0.4) is 0 Å². The van der Waals surface area contributed by atoms with Crippen LogP contribution in [0.4, 0.5) is 0 Å². The molecule has 0 aliphatic rings. The third kappa shape index (κ3) is 3.55. The van der Waals surface area contributed by atoms with Crippen LogP contribution in [-0.2, 0) is 6.42 Å². The molecule has 0 radical (unpaired) electrons. The summed E-state index contributed by atoms with van der Waals surface area (Å²) in [4.78, 5) is 4.36. The molecule has 0 saturated heterocycles. The van der Waals surface area contributed by atoms with Crippen LogP contribution in [0.5, 0.6) is 0 Å². The molecule has 0 aliphatic carbocycles. The summed E-state index contributed by atoms with van der Waals surface area (Å²) in [6.07, 6.45) is 1.60. The Bertz CT molecular complexity index is 524. The average Bonchev–Trinajstić information content (AvgIpc) is 2.88. The predicted molar refractivity (Wildman–Crippen MR) is 74.9 cm³/mol. The van der Waals surface area contributed by atoms with Crippen molar-refractivity contribution in [3.05, 3.63) is 46.6 Å². The van der Waals surface area contributed by atoms with Crippen molar-refractivity contribution in [1.29, 1.82) is 0 Å². The van der Waals surface area contributed by atoms with Gasteiger partial charge in [-0.1, -0.05) is 49.2 Å². The minimum atomic E-state index is -0.198. The zero-order valence-electron chi connectivity index (χ0n) is 11.1. The van der Waals surface area contributed by atoms with Gasteiger partial charge in [-0.15, -0.1) is 0 Å². The van der Waals surface area contributed by atoms with Gasteiger partial charge in [0.2, 0.25) is 5.89 Å². The van der Waals surface area contributed by atoms with Gasteiger partial charge in [-0.25, -0.2) is 0 Å². The molecule has 2 rings (SSSR count). The first-order valence-electron chi connectivity index (χ1n) is 6.42. The minimum Gasteiger partial charge on any atom is -0.338 e. The minimum absolute atomic E-state index is 0.198. The molecule has 2 N–H and O–H groups in total. The zero-order valence-corrected chi connectivity index (χ0v) is 11.9. The van der Waals surface area contributed by atoms with Gasteiger partial charge in [0.05, 0.1) is 6.04 Å². The number of halogens is 1. The van der Waals surface area contributed by atoms with E-state index >= 15 is 0 Å². The van der Waals surface area contributed by atoms with Crippen LogP contribution < -0.4 is 5.73 Å². The normalized spacial score (nSPS) is 14.3. The topological polar surface area (TPSA) is 64.9 Å². The Balaban J connectivity index is 2.07. The van der Waals surface area contributed by atoms with Crippen LogP contribution in [0, 0.1) is 5.92 Å². The summed E-state index contributed by atoms with van der Waals surface area (Å²) in [5.74, 6) is 1.48. The molecule has 102 valence electrons. The number of benzene rings is 1. The molecule has 5 heteroatoms. The van der Waals surface area contributed by atoms with E-state index in [9.17, 15) is 0 Å². The number of nitrogens with zero attached hydrogens (tertiary/aromatic N) is 2. The Labute approximate surface area is 118 Å². The molecule has 0 unspecified atom stereocenters. The zero-order chi connectivity index (χ0) is 13.8. The first kappa shape index (κ1) is 14.0. The van der Waals surface area contributed by atoms with Gasteiger partial charge >= 0.3 is 0 Å². The van der Waals surface area contributed by atoms with Crippen LogP contribution in [0.2, 0.25) is 5.02 Å². The lowest BCUT2D eigenvalue weighted by Crippen LogP contribution is -2.18. The first-order valence-corrected chi connectivity index (χ1v) is 6.80. The summed E-state index contributed by atoms with van der Waals surface area (Å²) >= 11 is 5.84.